The Balaban J connectivity index is 1.40. The van der Waals surface area contributed by atoms with Crippen LogP contribution >= 0.6 is 0 Å². The summed E-state index contributed by atoms with van der Waals surface area (Å²) in [6.45, 7) is 3.92. The van der Waals surface area contributed by atoms with Gasteiger partial charge in [0.05, 0.1) is 37.2 Å². The third-order valence-corrected chi connectivity index (χ3v) is 8.41. The molecule has 3 aliphatic heterocycles. The highest BCUT2D eigenvalue weighted by Crippen LogP contribution is 2.58. The van der Waals surface area contributed by atoms with Crippen LogP contribution in [0.2, 0.25) is 0 Å². The van der Waals surface area contributed by atoms with Gasteiger partial charge in [0.1, 0.15) is 17.4 Å². The smallest absolute Gasteiger partial charge is 0.246 e. The second-order valence-corrected chi connectivity index (χ2v) is 10.6. The molecule has 6 atom stereocenters. The van der Waals surface area contributed by atoms with Gasteiger partial charge in [0.2, 0.25) is 17.7 Å². The van der Waals surface area contributed by atoms with Crippen LogP contribution in [0.4, 0.5) is 5.69 Å². The highest BCUT2D eigenvalue weighted by molar-refractivity contribution is 6.02. The predicted octanol–water partition coefficient (Wildman–Crippen LogP) is 2.23. The van der Waals surface area contributed by atoms with Crippen molar-refractivity contribution in [3.8, 4) is 5.75 Å². The first-order valence-electron chi connectivity index (χ1n) is 13.3. The maximum atomic E-state index is 13.8. The van der Waals surface area contributed by atoms with E-state index in [2.05, 4.69) is 10.6 Å². The molecule has 9 nitrogen and oxygen atoms in total. The Morgan fingerprint density at radius 1 is 1.17 bits per heavy atom. The zero-order valence-corrected chi connectivity index (χ0v) is 21.1. The Bertz CT molecular complexity index is 994. The van der Waals surface area contributed by atoms with E-state index in [0.717, 1.165) is 25.7 Å². The number of carbonyl (C=O) groups excluding carboxylic acids is 3. The quantitative estimate of drug-likeness (QED) is 0.505. The summed E-state index contributed by atoms with van der Waals surface area (Å²) in [6.07, 6.45) is 5.90. The molecule has 1 aliphatic carbocycles. The van der Waals surface area contributed by atoms with Gasteiger partial charge < -0.3 is 30.1 Å². The summed E-state index contributed by atoms with van der Waals surface area (Å²) in [5, 5.41) is 16.1. The number of hydrogen-bond donors (Lipinski definition) is 3. The molecule has 3 N–H and O–H groups in total. The van der Waals surface area contributed by atoms with Crippen molar-refractivity contribution in [2.24, 2.45) is 11.8 Å². The topological polar surface area (TPSA) is 117 Å². The van der Waals surface area contributed by atoms with Crippen LogP contribution in [0.15, 0.2) is 24.3 Å². The van der Waals surface area contributed by atoms with E-state index < -0.39 is 35.6 Å². The van der Waals surface area contributed by atoms with Crippen LogP contribution in [0.25, 0.3) is 0 Å². The van der Waals surface area contributed by atoms with Gasteiger partial charge in [-0.15, -0.1) is 0 Å². The third-order valence-electron chi connectivity index (χ3n) is 8.41. The molecule has 1 spiro atoms. The molecule has 5 rings (SSSR count). The van der Waals surface area contributed by atoms with Crippen molar-refractivity contribution in [2.45, 2.75) is 88.6 Å². The molecule has 9 heteroatoms. The Morgan fingerprint density at radius 3 is 2.56 bits per heavy atom. The minimum atomic E-state index is -1.05. The zero-order valence-electron chi connectivity index (χ0n) is 21.1. The van der Waals surface area contributed by atoms with Crippen molar-refractivity contribution in [2.75, 3.05) is 18.5 Å². The Kier molecular flexibility index (Phi) is 6.96. The van der Waals surface area contributed by atoms with Crippen LogP contribution in [0, 0.1) is 11.8 Å². The van der Waals surface area contributed by atoms with E-state index >= 15 is 0 Å². The molecule has 196 valence electrons. The molecule has 1 aromatic rings. The molecule has 1 aromatic carbocycles. The lowest BCUT2D eigenvalue weighted by Crippen LogP contribution is -2.59. The first-order chi connectivity index (χ1) is 17.4. The summed E-state index contributed by atoms with van der Waals surface area (Å²) in [5.74, 6) is -1.53. The van der Waals surface area contributed by atoms with Gasteiger partial charge in [-0.1, -0.05) is 19.3 Å². The lowest BCUT2D eigenvalue weighted by molar-refractivity contribution is -0.145. The van der Waals surface area contributed by atoms with Crippen molar-refractivity contribution < 1.29 is 29.0 Å². The van der Waals surface area contributed by atoms with E-state index in [4.69, 9.17) is 9.47 Å². The average molecular weight is 500 g/mol. The number of carbonyl (C=O) groups is 3. The minimum absolute atomic E-state index is 0.0837. The number of hydrogen-bond acceptors (Lipinski definition) is 6. The fourth-order valence-corrected chi connectivity index (χ4v) is 6.81. The Hall–Kier alpha value is -2.65. The fraction of sp³-hybridized carbons (Fsp3) is 0.667. The number of benzene rings is 1. The first-order valence-corrected chi connectivity index (χ1v) is 13.3. The van der Waals surface area contributed by atoms with Gasteiger partial charge in [-0.3, -0.25) is 14.4 Å². The van der Waals surface area contributed by atoms with E-state index in [0.29, 0.717) is 30.9 Å². The largest absolute Gasteiger partial charge is 0.494 e. The number of nitrogens with zero attached hydrogens (tertiary/aromatic N) is 1. The highest BCUT2D eigenvalue weighted by Gasteiger charge is 2.74. The number of ether oxygens (including phenoxy) is 2. The molecule has 0 radical (unpaired) electrons. The van der Waals surface area contributed by atoms with Crippen LogP contribution in [-0.2, 0) is 19.1 Å². The van der Waals surface area contributed by atoms with E-state index in [1.54, 1.807) is 31.2 Å². The van der Waals surface area contributed by atoms with Crippen LogP contribution in [-0.4, -0.2) is 70.8 Å². The number of aliphatic hydroxyl groups excluding tert-OH is 1. The molecule has 2 unspecified atom stereocenters. The van der Waals surface area contributed by atoms with Crippen LogP contribution < -0.4 is 15.4 Å². The number of rotatable bonds is 8. The van der Waals surface area contributed by atoms with Crippen LogP contribution in [0.5, 0.6) is 5.75 Å². The zero-order chi connectivity index (χ0) is 25.4. The van der Waals surface area contributed by atoms with Crippen molar-refractivity contribution in [3.63, 3.8) is 0 Å². The van der Waals surface area contributed by atoms with Crippen LogP contribution in [0.1, 0.15) is 58.8 Å². The molecule has 2 bridgehead atoms. The van der Waals surface area contributed by atoms with Gasteiger partial charge in [0.25, 0.3) is 0 Å². The van der Waals surface area contributed by atoms with Gasteiger partial charge in [-0.2, -0.15) is 0 Å². The lowest BCUT2D eigenvalue weighted by atomic mass is 9.70. The maximum Gasteiger partial charge on any atom is 0.246 e. The number of aliphatic hydroxyl groups is 1. The molecule has 4 fully saturated rings. The standard InChI is InChI=1S/C27H37N3O6/c1-3-35-19-11-9-18(10-12-19)28-24(32)21-20-13-14-27(36-20)22(21)26(34)30(16(2)15-31)23(27)25(33)29-17-7-5-4-6-8-17/h9-12,16-17,20-23,31H,3-8,13-15H2,1-2H3,(H,28,32)(H,29,33)/t16-,20+,21-,22+,23?,27?/m1/s1. The predicted molar refractivity (Wildman–Crippen MR) is 132 cm³/mol. The van der Waals surface area contributed by atoms with Crippen molar-refractivity contribution >= 4 is 23.4 Å². The third kappa shape index (κ3) is 4.16. The number of fused-ring (bicyclic) bond motifs is 1. The second-order valence-electron chi connectivity index (χ2n) is 10.6. The summed E-state index contributed by atoms with van der Waals surface area (Å²) in [5.41, 5.74) is -0.442. The van der Waals surface area contributed by atoms with Gasteiger partial charge in [0, 0.05) is 11.7 Å². The van der Waals surface area contributed by atoms with E-state index in [1.165, 1.54) is 11.3 Å². The summed E-state index contributed by atoms with van der Waals surface area (Å²) < 4.78 is 11.9. The molecule has 0 aromatic heterocycles. The molecule has 3 heterocycles. The summed E-state index contributed by atoms with van der Waals surface area (Å²) in [6, 6.07) is 5.78. The number of anilines is 1. The summed E-state index contributed by atoms with van der Waals surface area (Å²) in [4.78, 5) is 42.5. The van der Waals surface area contributed by atoms with Gasteiger partial charge in [0.15, 0.2) is 0 Å². The second kappa shape index (κ2) is 10.0. The Morgan fingerprint density at radius 2 is 1.89 bits per heavy atom. The van der Waals surface area contributed by atoms with Crippen molar-refractivity contribution in [1.29, 1.82) is 0 Å². The van der Waals surface area contributed by atoms with Gasteiger partial charge in [-0.05, 0) is 63.8 Å². The van der Waals surface area contributed by atoms with Crippen molar-refractivity contribution in [3.05, 3.63) is 24.3 Å². The normalized spacial score (nSPS) is 32.3. The summed E-state index contributed by atoms with van der Waals surface area (Å²) in [7, 11) is 0. The lowest BCUT2D eigenvalue weighted by Gasteiger charge is -2.37. The number of nitrogens with one attached hydrogen (secondary N) is 2. The van der Waals surface area contributed by atoms with E-state index in [9.17, 15) is 19.5 Å². The molecule has 3 amide bonds. The highest BCUT2D eigenvalue weighted by atomic mass is 16.5. The Labute approximate surface area is 211 Å². The average Bonchev–Trinajstić information content (AvgIpc) is 3.53. The fourth-order valence-electron chi connectivity index (χ4n) is 6.81. The maximum absolute atomic E-state index is 13.8. The molecule has 36 heavy (non-hydrogen) atoms. The number of likely N-dealkylation sites (tertiary alicyclic amines) is 1. The molecule has 3 saturated heterocycles. The minimum Gasteiger partial charge on any atom is -0.494 e. The molecular weight excluding hydrogens is 462 g/mol. The molecule has 1 saturated carbocycles. The van der Waals surface area contributed by atoms with E-state index in [-0.39, 0.29) is 30.4 Å². The first kappa shape index (κ1) is 25.0. The SMILES string of the molecule is CCOc1ccc(NC(=O)[C@@H]2[C@@H]3CCC4(O3)C(C(=O)NC3CCCCC3)N([C@H](C)CO)C(=O)[C@H]24)cc1. The van der Waals surface area contributed by atoms with Crippen LogP contribution in [0.3, 0.4) is 0 Å². The van der Waals surface area contributed by atoms with Gasteiger partial charge in [-0.25, -0.2) is 0 Å². The monoisotopic (exact) mass is 499 g/mol. The molecule has 4 aliphatic rings. The molecular formula is C27H37N3O6. The summed E-state index contributed by atoms with van der Waals surface area (Å²) >= 11 is 0. The van der Waals surface area contributed by atoms with E-state index in [1.807, 2.05) is 6.92 Å². The number of amides is 3. The van der Waals surface area contributed by atoms with Crippen molar-refractivity contribution in [1.82, 2.24) is 10.2 Å². The van der Waals surface area contributed by atoms with Gasteiger partial charge >= 0.3 is 0 Å².